The van der Waals surface area contributed by atoms with E-state index in [1.165, 1.54) is 11.3 Å². The molecule has 0 saturated heterocycles. The Balaban J connectivity index is 2.04. The molecule has 0 saturated carbocycles. The Hall–Kier alpha value is -2.60. The van der Waals surface area contributed by atoms with Crippen LogP contribution >= 0.6 is 11.3 Å². The van der Waals surface area contributed by atoms with Crippen LogP contribution in [0.2, 0.25) is 0 Å². The zero-order valence-corrected chi connectivity index (χ0v) is 14.9. The standard InChI is InChI=1S/C19H19NO4S/c1-3-15(21)16-17(12-6-8-13(24-2)9-7-12)20(19(23)18(16)22)11-14-5-4-10-25-14/h4-10,17,22H,3,11H2,1-2H3. The first-order valence-corrected chi connectivity index (χ1v) is 8.88. The second-order valence-corrected chi connectivity index (χ2v) is 6.76. The Kier molecular flexibility index (Phi) is 4.90. The molecule has 2 heterocycles. The summed E-state index contributed by atoms with van der Waals surface area (Å²) in [6, 6.07) is 10.5. The van der Waals surface area contributed by atoms with Gasteiger partial charge in [0, 0.05) is 11.3 Å². The number of amides is 1. The summed E-state index contributed by atoms with van der Waals surface area (Å²) in [6.07, 6.45) is 0.228. The number of thiophene rings is 1. The zero-order valence-electron chi connectivity index (χ0n) is 14.1. The molecule has 1 unspecified atom stereocenters. The number of hydrogen-bond acceptors (Lipinski definition) is 5. The molecule has 1 aliphatic rings. The van der Waals surface area contributed by atoms with Gasteiger partial charge in [-0.3, -0.25) is 9.59 Å². The molecule has 0 fully saturated rings. The monoisotopic (exact) mass is 357 g/mol. The maximum atomic E-state index is 12.6. The lowest BCUT2D eigenvalue weighted by atomic mass is 9.95. The molecule has 1 aromatic carbocycles. The first-order chi connectivity index (χ1) is 12.1. The van der Waals surface area contributed by atoms with E-state index >= 15 is 0 Å². The third-order valence-corrected chi connectivity index (χ3v) is 5.12. The summed E-state index contributed by atoms with van der Waals surface area (Å²) < 4.78 is 5.17. The van der Waals surface area contributed by atoms with Gasteiger partial charge >= 0.3 is 0 Å². The number of methoxy groups -OCH3 is 1. The lowest BCUT2D eigenvalue weighted by Crippen LogP contribution is -2.30. The van der Waals surface area contributed by atoms with Crippen molar-refractivity contribution in [3.05, 3.63) is 63.6 Å². The first kappa shape index (κ1) is 17.2. The molecule has 1 atom stereocenters. The third-order valence-electron chi connectivity index (χ3n) is 4.26. The molecule has 0 aliphatic carbocycles. The van der Waals surface area contributed by atoms with E-state index in [2.05, 4.69) is 0 Å². The molecule has 5 nitrogen and oxygen atoms in total. The number of ether oxygens (including phenoxy) is 1. The van der Waals surface area contributed by atoms with Crippen molar-refractivity contribution in [1.82, 2.24) is 4.90 Å². The van der Waals surface area contributed by atoms with E-state index in [9.17, 15) is 14.7 Å². The first-order valence-electron chi connectivity index (χ1n) is 8.00. The Labute approximate surface area is 150 Å². The van der Waals surface area contributed by atoms with E-state index in [4.69, 9.17) is 4.74 Å². The number of aliphatic hydroxyl groups is 1. The number of Topliss-reactive ketones (excluding diaryl/α,β-unsaturated/α-hetero) is 1. The minimum absolute atomic E-state index is 0.175. The highest BCUT2D eigenvalue weighted by molar-refractivity contribution is 7.09. The number of carbonyl (C=O) groups is 2. The fourth-order valence-corrected chi connectivity index (χ4v) is 3.70. The lowest BCUT2D eigenvalue weighted by Gasteiger charge is -2.26. The van der Waals surface area contributed by atoms with Crippen LogP contribution in [0, 0.1) is 0 Å². The van der Waals surface area contributed by atoms with Gasteiger partial charge in [-0.15, -0.1) is 11.3 Å². The van der Waals surface area contributed by atoms with Crippen molar-refractivity contribution in [2.45, 2.75) is 25.9 Å². The number of aliphatic hydroxyl groups excluding tert-OH is 1. The quantitative estimate of drug-likeness (QED) is 0.857. The van der Waals surface area contributed by atoms with Gasteiger partial charge in [0.1, 0.15) is 5.75 Å². The van der Waals surface area contributed by atoms with Crippen LogP contribution in [-0.2, 0) is 16.1 Å². The van der Waals surface area contributed by atoms with E-state index in [-0.39, 0.29) is 17.8 Å². The van der Waals surface area contributed by atoms with Gasteiger partial charge in [0.25, 0.3) is 5.91 Å². The molecule has 0 bridgehead atoms. The summed E-state index contributed by atoms with van der Waals surface area (Å²) >= 11 is 1.53. The Morgan fingerprint density at radius 1 is 1.28 bits per heavy atom. The Bertz CT molecular complexity index is 808. The molecular weight excluding hydrogens is 338 g/mol. The van der Waals surface area contributed by atoms with Crippen LogP contribution in [0.4, 0.5) is 0 Å². The predicted molar refractivity (Wildman–Crippen MR) is 95.6 cm³/mol. The van der Waals surface area contributed by atoms with Crippen molar-refractivity contribution < 1.29 is 19.4 Å². The average molecular weight is 357 g/mol. The van der Waals surface area contributed by atoms with Crippen molar-refractivity contribution in [2.24, 2.45) is 0 Å². The van der Waals surface area contributed by atoms with Crippen molar-refractivity contribution in [3.63, 3.8) is 0 Å². The highest BCUT2D eigenvalue weighted by Gasteiger charge is 2.42. The number of nitrogens with zero attached hydrogens (tertiary/aromatic N) is 1. The molecule has 0 spiro atoms. The molecular formula is C19H19NO4S. The number of hydrogen-bond donors (Lipinski definition) is 1. The SMILES string of the molecule is CCC(=O)C1=C(O)C(=O)N(Cc2cccs2)C1c1ccc(OC)cc1. The zero-order chi connectivity index (χ0) is 18.0. The number of carbonyl (C=O) groups excluding carboxylic acids is 2. The summed E-state index contributed by atoms with van der Waals surface area (Å²) in [4.78, 5) is 27.6. The largest absolute Gasteiger partial charge is 0.503 e. The van der Waals surface area contributed by atoms with E-state index in [0.29, 0.717) is 12.3 Å². The molecule has 3 rings (SSSR count). The van der Waals surface area contributed by atoms with Crippen LogP contribution in [0.15, 0.2) is 53.1 Å². The van der Waals surface area contributed by atoms with Gasteiger partial charge in [-0.05, 0) is 29.1 Å². The van der Waals surface area contributed by atoms with E-state index in [0.717, 1.165) is 10.4 Å². The van der Waals surface area contributed by atoms with Crippen LogP contribution in [0.1, 0.15) is 29.8 Å². The number of benzene rings is 1. The smallest absolute Gasteiger partial charge is 0.290 e. The summed E-state index contributed by atoms with van der Waals surface area (Å²) in [5.41, 5.74) is 0.945. The second-order valence-electron chi connectivity index (χ2n) is 5.73. The second kappa shape index (κ2) is 7.11. The molecule has 25 heavy (non-hydrogen) atoms. The van der Waals surface area contributed by atoms with E-state index < -0.39 is 17.7 Å². The van der Waals surface area contributed by atoms with Crippen LogP contribution in [-0.4, -0.2) is 28.8 Å². The minimum atomic E-state index is -0.590. The minimum Gasteiger partial charge on any atom is -0.503 e. The molecule has 1 aliphatic heterocycles. The highest BCUT2D eigenvalue weighted by atomic mass is 32.1. The average Bonchev–Trinajstić information content (AvgIpc) is 3.23. The van der Waals surface area contributed by atoms with Crippen LogP contribution in [0.5, 0.6) is 5.75 Å². The predicted octanol–water partition coefficient (Wildman–Crippen LogP) is 3.63. The van der Waals surface area contributed by atoms with Crippen molar-refractivity contribution in [1.29, 1.82) is 0 Å². The number of ketones is 1. The van der Waals surface area contributed by atoms with Gasteiger partial charge in [0.2, 0.25) is 0 Å². The maximum absolute atomic E-state index is 12.6. The normalized spacial score (nSPS) is 17.3. The van der Waals surface area contributed by atoms with Gasteiger partial charge in [0.15, 0.2) is 11.5 Å². The van der Waals surface area contributed by atoms with Crippen LogP contribution in [0.3, 0.4) is 0 Å². The van der Waals surface area contributed by atoms with Gasteiger partial charge in [-0.2, -0.15) is 0 Å². The van der Waals surface area contributed by atoms with Gasteiger partial charge in [-0.25, -0.2) is 0 Å². The fraction of sp³-hybridized carbons (Fsp3) is 0.263. The topological polar surface area (TPSA) is 66.8 Å². The summed E-state index contributed by atoms with van der Waals surface area (Å²) in [7, 11) is 1.58. The van der Waals surface area contributed by atoms with Gasteiger partial charge < -0.3 is 14.7 Å². The van der Waals surface area contributed by atoms with E-state index in [1.807, 2.05) is 29.6 Å². The molecule has 6 heteroatoms. The molecule has 1 aromatic heterocycles. The summed E-state index contributed by atoms with van der Waals surface area (Å²) in [5, 5.41) is 12.3. The van der Waals surface area contributed by atoms with Gasteiger partial charge in [0.05, 0.1) is 25.3 Å². The third kappa shape index (κ3) is 3.17. The molecule has 2 aromatic rings. The molecule has 1 amide bonds. The Morgan fingerprint density at radius 2 is 2.00 bits per heavy atom. The Morgan fingerprint density at radius 3 is 2.56 bits per heavy atom. The highest BCUT2D eigenvalue weighted by Crippen LogP contribution is 2.39. The van der Waals surface area contributed by atoms with E-state index in [1.54, 1.807) is 31.1 Å². The molecule has 130 valence electrons. The molecule has 0 radical (unpaired) electrons. The van der Waals surface area contributed by atoms with Gasteiger partial charge in [-0.1, -0.05) is 25.1 Å². The van der Waals surface area contributed by atoms with Crippen molar-refractivity contribution in [3.8, 4) is 5.75 Å². The summed E-state index contributed by atoms with van der Waals surface area (Å²) in [5.74, 6) is -0.481. The fourth-order valence-electron chi connectivity index (χ4n) is 3.00. The van der Waals surface area contributed by atoms with Crippen molar-refractivity contribution >= 4 is 23.0 Å². The van der Waals surface area contributed by atoms with Crippen molar-refractivity contribution in [2.75, 3.05) is 7.11 Å². The summed E-state index contributed by atoms with van der Waals surface area (Å²) in [6.45, 7) is 2.07. The van der Waals surface area contributed by atoms with Crippen LogP contribution in [0.25, 0.3) is 0 Å². The molecule has 1 N–H and O–H groups in total. The number of rotatable bonds is 6. The maximum Gasteiger partial charge on any atom is 0.290 e. The van der Waals surface area contributed by atoms with Crippen LogP contribution < -0.4 is 4.74 Å². The lowest BCUT2D eigenvalue weighted by molar-refractivity contribution is -0.130.